The fourth-order valence-corrected chi connectivity index (χ4v) is 7.13. The van der Waals surface area contributed by atoms with Gasteiger partial charge >= 0.3 is 6.18 Å². The Morgan fingerprint density at radius 2 is 1.85 bits per heavy atom. The number of piperidine rings is 3. The van der Waals surface area contributed by atoms with Gasteiger partial charge in [-0.1, -0.05) is 25.0 Å². The van der Waals surface area contributed by atoms with Crippen LogP contribution in [0.15, 0.2) is 30.3 Å². The number of hydrogen-bond donors (Lipinski definition) is 2. The first-order valence-electron chi connectivity index (χ1n) is 13.9. The molecule has 2 bridgehead atoms. The Bertz CT molecular complexity index is 1210. The molecule has 10 heteroatoms. The average Bonchev–Trinajstić information content (AvgIpc) is 3.34. The first-order chi connectivity index (χ1) is 18.5. The van der Waals surface area contributed by atoms with Crippen molar-refractivity contribution in [3.63, 3.8) is 0 Å². The van der Waals surface area contributed by atoms with Crippen LogP contribution < -0.4 is 15.3 Å². The van der Waals surface area contributed by atoms with Gasteiger partial charge < -0.3 is 20.1 Å². The number of quaternary nitrogens is 1. The zero-order valence-electron chi connectivity index (χ0n) is 22.2. The zero-order chi connectivity index (χ0) is 27.8. The molecule has 3 saturated heterocycles. The Kier molecular flexibility index (Phi) is 7.68. The SMILES string of the molecule is Cc1nc(-c2ccc(C(F)(F)F)cc2)cc([C@H]2C[NH+]3CC[C@H]2C[C@@H]3CNC(=O)CC2(CC(=O)[O-])CCCC2)n1. The van der Waals surface area contributed by atoms with Gasteiger partial charge in [-0.2, -0.15) is 13.2 Å². The molecule has 2 aromatic rings. The highest BCUT2D eigenvalue weighted by Crippen LogP contribution is 2.44. The molecule has 1 unspecified atom stereocenters. The summed E-state index contributed by atoms with van der Waals surface area (Å²) in [6.07, 6.45) is 1.21. The van der Waals surface area contributed by atoms with Gasteiger partial charge in [0.25, 0.3) is 0 Å². The Morgan fingerprint density at radius 3 is 2.46 bits per heavy atom. The number of benzene rings is 1. The molecule has 0 radical (unpaired) electrons. The predicted octanol–water partition coefficient (Wildman–Crippen LogP) is 2.44. The molecular weight excluding hydrogens is 509 g/mol. The van der Waals surface area contributed by atoms with Crippen molar-refractivity contribution >= 4 is 11.9 Å². The van der Waals surface area contributed by atoms with E-state index < -0.39 is 23.1 Å². The van der Waals surface area contributed by atoms with E-state index in [0.717, 1.165) is 69.4 Å². The molecule has 4 heterocycles. The number of fused-ring (bicyclic) bond motifs is 3. The van der Waals surface area contributed by atoms with E-state index in [4.69, 9.17) is 4.98 Å². The number of alkyl halides is 3. The minimum absolute atomic E-state index is 0.0577. The largest absolute Gasteiger partial charge is 0.550 e. The number of amides is 1. The van der Waals surface area contributed by atoms with E-state index in [0.29, 0.717) is 35.6 Å². The summed E-state index contributed by atoms with van der Waals surface area (Å²) in [5.74, 6) is 0.0515. The van der Waals surface area contributed by atoms with E-state index in [9.17, 15) is 27.9 Å². The molecule has 4 fully saturated rings. The number of carbonyl (C=O) groups is 2. The fraction of sp³-hybridized carbons (Fsp3) is 0.586. The summed E-state index contributed by atoms with van der Waals surface area (Å²) in [5.41, 5.74) is 1.02. The van der Waals surface area contributed by atoms with Crippen LogP contribution in [-0.4, -0.2) is 47.5 Å². The highest BCUT2D eigenvalue weighted by atomic mass is 19.4. The molecule has 4 aliphatic rings. The smallest absolute Gasteiger partial charge is 0.416 e. The molecule has 1 amide bonds. The van der Waals surface area contributed by atoms with Crippen LogP contribution in [0.25, 0.3) is 11.3 Å². The summed E-state index contributed by atoms with van der Waals surface area (Å²) in [7, 11) is 0. The Labute approximate surface area is 226 Å². The lowest BCUT2D eigenvalue weighted by atomic mass is 9.74. The minimum Gasteiger partial charge on any atom is -0.550 e. The molecule has 1 aromatic carbocycles. The average molecular weight is 545 g/mol. The molecule has 3 aliphatic heterocycles. The number of aliphatic carboxylic acids is 1. The summed E-state index contributed by atoms with van der Waals surface area (Å²) in [6.45, 7) is 4.27. The predicted molar refractivity (Wildman–Crippen MR) is 135 cm³/mol. The third-order valence-electron chi connectivity index (χ3n) is 9.06. The van der Waals surface area contributed by atoms with Crippen LogP contribution in [0.3, 0.4) is 0 Å². The number of halogens is 3. The van der Waals surface area contributed by atoms with Crippen LogP contribution >= 0.6 is 0 Å². The highest BCUT2D eigenvalue weighted by molar-refractivity contribution is 5.78. The van der Waals surface area contributed by atoms with Crippen molar-refractivity contribution in [1.82, 2.24) is 15.3 Å². The summed E-state index contributed by atoms with van der Waals surface area (Å²) in [4.78, 5) is 34.7. The van der Waals surface area contributed by atoms with Gasteiger partial charge in [0.15, 0.2) is 0 Å². The summed E-state index contributed by atoms with van der Waals surface area (Å²) < 4.78 is 39.0. The van der Waals surface area contributed by atoms with Crippen LogP contribution in [0.4, 0.5) is 13.2 Å². The van der Waals surface area contributed by atoms with Crippen molar-refractivity contribution in [2.75, 3.05) is 19.6 Å². The topological polar surface area (TPSA) is 99.5 Å². The number of carbonyl (C=O) groups excluding carboxylic acids is 2. The molecule has 1 aromatic heterocycles. The van der Waals surface area contributed by atoms with Gasteiger partial charge in [0.2, 0.25) is 5.91 Å². The molecule has 39 heavy (non-hydrogen) atoms. The van der Waals surface area contributed by atoms with Gasteiger partial charge in [0.1, 0.15) is 11.9 Å². The second-order valence-electron chi connectivity index (χ2n) is 11.7. The maximum absolute atomic E-state index is 13.0. The van der Waals surface area contributed by atoms with Crippen molar-refractivity contribution in [3.8, 4) is 11.3 Å². The van der Waals surface area contributed by atoms with E-state index in [1.54, 1.807) is 6.92 Å². The van der Waals surface area contributed by atoms with Crippen molar-refractivity contribution in [2.24, 2.45) is 11.3 Å². The van der Waals surface area contributed by atoms with Gasteiger partial charge in [0.05, 0.1) is 42.5 Å². The first kappa shape index (κ1) is 27.6. The fourth-order valence-electron chi connectivity index (χ4n) is 7.13. The number of carboxylic acids is 1. The normalized spacial score (nSPS) is 25.9. The number of nitrogens with zero attached hydrogens (tertiary/aromatic N) is 2. The maximum Gasteiger partial charge on any atom is 0.416 e. The number of rotatable bonds is 8. The Morgan fingerprint density at radius 1 is 1.13 bits per heavy atom. The van der Waals surface area contributed by atoms with Gasteiger partial charge in [-0.05, 0) is 55.7 Å². The van der Waals surface area contributed by atoms with Crippen LogP contribution in [0.1, 0.15) is 74.4 Å². The number of carboxylic acid groups (broad SMARTS) is 1. The Balaban J connectivity index is 1.22. The number of aryl methyl sites for hydroxylation is 1. The van der Waals surface area contributed by atoms with Crippen molar-refractivity contribution in [2.45, 2.75) is 76.4 Å². The van der Waals surface area contributed by atoms with E-state index in [2.05, 4.69) is 10.3 Å². The molecule has 4 atom stereocenters. The van der Waals surface area contributed by atoms with E-state index >= 15 is 0 Å². The number of hydrogen-bond acceptors (Lipinski definition) is 5. The second kappa shape index (κ2) is 10.9. The number of aromatic nitrogens is 2. The van der Waals surface area contributed by atoms with E-state index in [1.807, 2.05) is 6.07 Å². The molecule has 6 rings (SSSR count). The standard InChI is InChI=1S/C29H35F3N4O3/c1-18-34-24(19-4-6-21(7-5-19)29(30,31)32)13-25(35-18)23-17-36-11-8-20(23)12-22(36)16-33-26(37)14-28(15-27(38)39)9-2-3-10-28/h4-7,13,20,22-23H,2-3,8-12,14-17H2,1H3,(H,33,37)(H,38,39)/t20-,22+,23-/m0/s1. The summed E-state index contributed by atoms with van der Waals surface area (Å²) in [6, 6.07) is 7.28. The molecule has 2 N–H and O–H groups in total. The lowest BCUT2D eigenvalue weighted by molar-refractivity contribution is -0.942. The molecule has 1 saturated carbocycles. The molecule has 0 spiro atoms. The van der Waals surface area contributed by atoms with Crippen LogP contribution in [-0.2, 0) is 15.8 Å². The van der Waals surface area contributed by atoms with Crippen molar-refractivity contribution in [3.05, 3.63) is 47.4 Å². The number of nitrogens with one attached hydrogen (secondary N) is 2. The zero-order valence-corrected chi connectivity index (χ0v) is 22.2. The molecule has 1 aliphatic carbocycles. The van der Waals surface area contributed by atoms with E-state index in [-0.39, 0.29) is 24.7 Å². The van der Waals surface area contributed by atoms with E-state index in [1.165, 1.54) is 17.0 Å². The summed E-state index contributed by atoms with van der Waals surface area (Å²) >= 11 is 0. The lowest BCUT2D eigenvalue weighted by Gasteiger charge is -2.46. The van der Waals surface area contributed by atoms with Crippen LogP contribution in [0, 0.1) is 18.3 Å². The molecule has 7 nitrogen and oxygen atoms in total. The van der Waals surface area contributed by atoms with Crippen molar-refractivity contribution in [1.29, 1.82) is 0 Å². The molecular formula is C29H35F3N4O3. The van der Waals surface area contributed by atoms with Crippen LogP contribution in [0.2, 0.25) is 0 Å². The minimum atomic E-state index is -4.38. The van der Waals surface area contributed by atoms with Gasteiger partial charge in [0, 0.05) is 30.8 Å². The van der Waals surface area contributed by atoms with Gasteiger partial charge in [-0.15, -0.1) is 0 Å². The maximum atomic E-state index is 13.0. The monoisotopic (exact) mass is 544 g/mol. The van der Waals surface area contributed by atoms with Crippen molar-refractivity contribution < 1.29 is 32.8 Å². The van der Waals surface area contributed by atoms with Gasteiger partial charge in [-0.3, -0.25) is 4.79 Å². The second-order valence-corrected chi connectivity index (χ2v) is 11.7. The third-order valence-corrected chi connectivity index (χ3v) is 9.06. The van der Waals surface area contributed by atoms with Crippen LogP contribution in [0.5, 0.6) is 0 Å². The third kappa shape index (κ3) is 6.26. The van der Waals surface area contributed by atoms with Gasteiger partial charge in [-0.25, -0.2) is 9.97 Å². The first-order valence-corrected chi connectivity index (χ1v) is 13.9. The lowest BCUT2D eigenvalue weighted by Crippen LogP contribution is -3.20. The Hall–Kier alpha value is -3.01. The highest BCUT2D eigenvalue weighted by Gasteiger charge is 2.45. The molecule has 210 valence electrons. The quantitative estimate of drug-likeness (QED) is 0.532. The summed E-state index contributed by atoms with van der Waals surface area (Å²) in [5, 5.41) is 14.4.